The average molecular weight is 191 g/mol. The fourth-order valence-corrected chi connectivity index (χ4v) is 1.41. The van der Waals surface area contributed by atoms with E-state index in [2.05, 4.69) is 0 Å². The number of fused-ring (bicyclic) bond motifs is 1. The molecule has 1 aromatic carbocycles. The van der Waals surface area contributed by atoms with E-state index in [-0.39, 0.29) is 6.10 Å². The van der Waals surface area contributed by atoms with E-state index in [0.717, 1.165) is 16.7 Å². The third-order valence-electron chi connectivity index (χ3n) is 1.92. The molecule has 0 saturated carbocycles. The molecule has 14 heavy (non-hydrogen) atoms. The average Bonchev–Trinajstić information content (AvgIpc) is 2.50. The van der Waals surface area contributed by atoms with E-state index in [1.807, 2.05) is 26.0 Å². The number of furan rings is 1. The van der Waals surface area contributed by atoms with Crippen LogP contribution in [0.25, 0.3) is 11.0 Å². The fourth-order valence-electron chi connectivity index (χ4n) is 1.41. The Morgan fingerprint density at radius 1 is 1.36 bits per heavy atom. The van der Waals surface area contributed by atoms with Crippen LogP contribution in [0.1, 0.15) is 13.8 Å². The molecule has 1 heterocycles. The lowest BCUT2D eigenvalue weighted by atomic mass is 10.2. The van der Waals surface area contributed by atoms with E-state index in [1.54, 1.807) is 12.3 Å². The van der Waals surface area contributed by atoms with Gasteiger partial charge in [0.15, 0.2) is 0 Å². The van der Waals surface area contributed by atoms with Gasteiger partial charge in [-0.2, -0.15) is 0 Å². The number of ether oxygens (including phenoxy) is 1. The van der Waals surface area contributed by atoms with Crippen molar-refractivity contribution in [3.8, 4) is 5.75 Å². The van der Waals surface area contributed by atoms with Crippen LogP contribution < -0.4 is 10.5 Å². The van der Waals surface area contributed by atoms with Crippen LogP contribution in [0, 0.1) is 0 Å². The minimum absolute atomic E-state index is 0.134. The first-order chi connectivity index (χ1) is 6.66. The number of nitrogens with two attached hydrogens (primary N) is 1. The van der Waals surface area contributed by atoms with E-state index in [9.17, 15) is 0 Å². The summed E-state index contributed by atoms with van der Waals surface area (Å²) < 4.78 is 10.9. The Bertz CT molecular complexity index is 445. The van der Waals surface area contributed by atoms with Crippen molar-refractivity contribution in [3.05, 3.63) is 24.5 Å². The molecule has 0 fully saturated rings. The molecule has 3 heteroatoms. The lowest BCUT2D eigenvalue weighted by Gasteiger charge is -2.10. The lowest BCUT2D eigenvalue weighted by Crippen LogP contribution is -2.05. The summed E-state index contributed by atoms with van der Waals surface area (Å²) in [7, 11) is 0. The molecule has 0 spiro atoms. The van der Waals surface area contributed by atoms with Crippen molar-refractivity contribution in [2.75, 3.05) is 5.73 Å². The van der Waals surface area contributed by atoms with Crippen LogP contribution in [-0.2, 0) is 0 Å². The van der Waals surface area contributed by atoms with Gasteiger partial charge in [0.1, 0.15) is 11.3 Å². The summed E-state index contributed by atoms with van der Waals surface area (Å²) in [5.41, 5.74) is 7.14. The van der Waals surface area contributed by atoms with Crippen molar-refractivity contribution in [2.24, 2.45) is 0 Å². The number of nitrogen functional groups attached to an aromatic ring is 1. The largest absolute Gasteiger partial charge is 0.490 e. The third kappa shape index (κ3) is 1.53. The maximum absolute atomic E-state index is 5.72. The molecule has 0 aliphatic carbocycles. The molecule has 0 aliphatic heterocycles. The van der Waals surface area contributed by atoms with Crippen LogP contribution in [0.2, 0.25) is 0 Å². The topological polar surface area (TPSA) is 48.4 Å². The summed E-state index contributed by atoms with van der Waals surface area (Å²) in [4.78, 5) is 0. The summed E-state index contributed by atoms with van der Waals surface area (Å²) in [6.45, 7) is 3.96. The highest BCUT2D eigenvalue weighted by molar-refractivity contribution is 5.87. The van der Waals surface area contributed by atoms with Crippen LogP contribution in [0.15, 0.2) is 28.9 Å². The van der Waals surface area contributed by atoms with Crippen LogP contribution in [0.3, 0.4) is 0 Å². The number of hydrogen-bond acceptors (Lipinski definition) is 3. The molecule has 3 nitrogen and oxygen atoms in total. The zero-order valence-electron chi connectivity index (χ0n) is 8.28. The van der Waals surface area contributed by atoms with E-state index < -0.39 is 0 Å². The second-order valence-corrected chi connectivity index (χ2v) is 3.52. The van der Waals surface area contributed by atoms with Crippen molar-refractivity contribution < 1.29 is 9.15 Å². The Morgan fingerprint density at radius 3 is 2.86 bits per heavy atom. The standard InChI is InChI=1S/C11H13NO2/c1-7(2)14-11-6-8(12)5-10-9(11)3-4-13-10/h3-7H,12H2,1-2H3. The van der Waals surface area contributed by atoms with Gasteiger partial charge in [-0.1, -0.05) is 0 Å². The zero-order chi connectivity index (χ0) is 10.1. The first-order valence-electron chi connectivity index (χ1n) is 4.60. The molecule has 0 unspecified atom stereocenters. The highest BCUT2D eigenvalue weighted by Crippen LogP contribution is 2.30. The van der Waals surface area contributed by atoms with Crippen LogP contribution >= 0.6 is 0 Å². The maximum atomic E-state index is 5.72. The van der Waals surface area contributed by atoms with E-state index in [1.165, 1.54) is 0 Å². The highest BCUT2D eigenvalue weighted by atomic mass is 16.5. The highest BCUT2D eigenvalue weighted by Gasteiger charge is 2.07. The second kappa shape index (κ2) is 3.25. The van der Waals surface area contributed by atoms with Gasteiger partial charge in [-0.25, -0.2) is 0 Å². The Kier molecular flexibility index (Phi) is 2.08. The molecule has 2 N–H and O–H groups in total. The van der Waals surface area contributed by atoms with Gasteiger partial charge in [0, 0.05) is 17.8 Å². The second-order valence-electron chi connectivity index (χ2n) is 3.52. The van der Waals surface area contributed by atoms with E-state index in [4.69, 9.17) is 14.9 Å². The van der Waals surface area contributed by atoms with Gasteiger partial charge >= 0.3 is 0 Å². The van der Waals surface area contributed by atoms with Gasteiger partial charge in [-0.05, 0) is 19.9 Å². The minimum atomic E-state index is 0.134. The first-order valence-corrected chi connectivity index (χ1v) is 4.60. The van der Waals surface area contributed by atoms with Gasteiger partial charge in [0.05, 0.1) is 17.8 Å². The molecule has 0 saturated heterocycles. The predicted molar refractivity (Wildman–Crippen MR) is 56.4 cm³/mol. The van der Waals surface area contributed by atoms with Crippen molar-refractivity contribution in [2.45, 2.75) is 20.0 Å². The summed E-state index contributed by atoms with van der Waals surface area (Å²) in [6, 6.07) is 5.49. The normalized spacial score (nSPS) is 11.1. The Labute approximate surface area is 82.5 Å². The van der Waals surface area contributed by atoms with Gasteiger partial charge in [0.25, 0.3) is 0 Å². The Hall–Kier alpha value is -1.64. The van der Waals surface area contributed by atoms with E-state index >= 15 is 0 Å². The molecule has 0 radical (unpaired) electrons. The third-order valence-corrected chi connectivity index (χ3v) is 1.92. The first kappa shape index (κ1) is 8.94. The Morgan fingerprint density at radius 2 is 2.14 bits per heavy atom. The van der Waals surface area contributed by atoms with Crippen LogP contribution in [-0.4, -0.2) is 6.10 Å². The molecule has 0 bridgehead atoms. The number of rotatable bonds is 2. The number of benzene rings is 1. The number of anilines is 1. The SMILES string of the molecule is CC(C)Oc1cc(N)cc2occc12. The van der Waals surface area contributed by atoms with E-state index in [0.29, 0.717) is 5.69 Å². The molecule has 0 amide bonds. The predicted octanol–water partition coefficient (Wildman–Crippen LogP) is 2.80. The summed E-state index contributed by atoms with van der Waals surface area (Å²) in [5, 5.41) is 0.966. The van der Waals surface area contributed by atoms with Crippen molar-refractivity contribution >= 4 is 16.7 Å². The number of hydrogen-bond donors (Lipinski definition) is 1. The molecule has 74 valence electrons. The van der Waals surface area contributed by atoms with Crippen LogP contribution in [0.5, 0.6) is 5.75 Å². The molecule has 1 aromatic heterocycles. The summed E-state index contributed by atoms with van der Waals surface area (Å²) >= 11 is 0. The zero-order valence-corrected chi connectivity index (χ0v) is 8.28. The monoisotopic (exact) mass is 191 g/mol. The Balaban J connectivity index is 2.55. The van der Waals surface area contributed by atoms with Gasteiger partial charge in [-0.15, -0.1) is 0 Å². The minimum Gasteiger partial charge on any atom is -0.490 e. The van der Waals surface area contributed by atoms with Gasteiger partial charge < -0.3 is 14.9 Å². The quantitative estimate of drug-likeness (QED) is 0.742. The lowest BCUT2D eigenvalue weighted by molar-refractivity contribution is 0.245. The molecule has 2 rings (SSSR count). The van der Waals surface area contributed by atoms with Crippen LogP contribution in [0.4, 0.5) is 5.69 Å². The summed E-state index contributed by atoms with van der Waals surface area (Å²) in [5.74, 6) is 0.781. The van der Waals surface area contributed by atoms with Crippen molar-refractivity contribution in [3.63, 3.8) is 0 Å². The molecule has 2 aromatic rings. The molecule has 0 atom stereocenters. The molecule has 0 aliphatic rings. The van der Waals surface area contributed by atoms with Gasteiger partial charge in [-0.3, -0.25) is 0 Å². The molecular weight excluding hydrogens is 178 g/mol. The summed E-state index contributed by atoms with van der Waals surface area (Å²) in [6.07, 6.45) is 1.77. The van der Waals surface area contributed by atoms with Crippen molar-refractivity contribution in [1.29, 1.82) is 0 Å². The molecular formula is C11H13NO2. The van der Waals surface area contributed by atoms with Gasteiger partial charge in [0.2, 0.25) is 0 Å². The van der Waals surface area contributed by atoms with Crippen molar-refractivity contribution in [1.82, 2.24) is 0 Å². The smallest absolute Gasteiger partial charge is 0.139 e. The maximum Gasteiger partial charge on any atom is 0.139 e. The fraction of sp³-hybridized carbons (Fsp3) is 0.273.